The van der Waals surface area contributed by atoms with Crippen LogP contribution in [-0.2, 0) is 0 Å². The van der Waals surface area contributed by atoms with Crippen LogP contribution >= 0.6 is 0 Å². The summed E-state index contributed by atoms with van der Waals surface area (Å²) in [5.41, 5.74) is 11.8. The molecule has 0 atom stereocenters. The van der Waals surface area contributed by atoms with E-state index < -0.39 is 0 Å². The van der Waals surface area contributed by atoms with Gasteiger partial charge in [0, 0.05) is 55.4 Å². The SMILES string of the molecule is c1ccc(-n2c3ccccc3c3c(-n4c5ccccc5c5cccc(N(c6ccc7c(c6)oc6ccccc67)c6ccc7c8ccccc8c8ccccc8c7c6)c54)cccc32)cc1. The first-order valence-electron chi connectivity index (χ1n) is 21.9. The quantitative estimate of drug-likeness (QED) is 0.162. The van der Waals surface area contributed by atoms with Gasteiger partial charge in [-0.3, -0.25) is 0 Å². The molecule has 14 rings (SSSR count). The normalized spacial score (nSPS) is 12.1. The Kier molecular flexibility index (Phi) is 7.36. The fourth-order valence-electron chi connectivity index (χ4n) is 10.8. The third-order valence-electron chi connectivity index (χ3n) is 13.5. The lowest BCUT2D eigenvalue weighted by molar-refractivity contribution is 0.669. The minimum absolute atomic E-state index is 0.854. The average molecular weight is 816 g/mol. The van der Waals surface area contributed by atoms with Crippen molar-refractivity contribution in [1.29, 1.82) is 0 Å². The molecule has 0 fully saturated rings. The zero-order valence-corrected chi connectivity index (χ0v) is 34.6. The molecule has 14 aromatic rings. The molecule has 0 aliphatic heterocycles. The molecular formula is C60H37N3O. The highest BCUT2D eigenvalue weighted by Crippen LogP contribution is 2.48. The molecule has 4 nitrogen and oxygen atoms in total. The molecule has 3 aromatic heterocycles. The van der Waals surface area contributed by atoms with Crippen LogP contribution in [0.1, 0.15) is 0 Å². The second-order valence-electron chi connectivity index (χ2n) is 16.8. The zero-order valence-electron chi connectivity index (χ0n) is 34.6. The fourth-order valence-corrected chi connectivity index (χ4v) is 10.8. The van der Waals surface area contributed by atoms with Gasteiger partial charge in [0.05, 0.1) is 33.4 Å². The zero-order chi connectivity index (χ0) is 41.9. The topological polar surface area (TPSA) is 26.2 Å². The van der Waals surface area contributed by atoms with Crippen LogP contribution in [0.5, 0.6) is 0 Å². The van der Waals surface area contributed by atoms with Gasteiger partial charge in [-0.1, -0.05) is 146 Å². The average Bonchev–Trinajstić information content (AvgIpc) is 4.02. The molecule has 0 radical (unpaired) electrons. The van der Waals surface area contributed by atoms with E-state index >= 15 is 0 Å². The Morgan fingerprint density at radius 3 is 1.58 bits per heavy atom. The minimum atomic E-state index is 0.854. The summed E-state index contributed by atoms with van der Waals surface area (Å²) in [5, 5.41) is 14.5. The first-order valence-corrected chi connectivity index (χ1v) is 21.9. The molecule has 0 amide bonds. The fraction of sp³-hybridized carbons (Fsp3) is 0. The lowest BCUT2D eigenvalue weighted by Crippen LogP contribution is -2.12. The Morgan fingerprint density at radius 2 is 0.828 bits per heavy atom. The van der Waals surface area contributed by atoms with Gasteiger partial charge in [0.25, 0.3) is 0 Å². The Bertz CT molecular complexity index is 4170. The van der Waals surface area contributed by atoms with Gasteiger partial charge in [-0.2, -0.15) is 0 Å². The maximum Gasteiger partial charge on any atom is 0.137 e. The summed E-state index contributed by atoms with van der Waals surface area (Å²) in [6.07, 6.45) is 0. The Morgan fingerprint density at radius 1 is 0.312 bits per heavy atom. The van der Waals surface area contributed by atoms with Gasteiger partial charge >= 0.3 is 0 Å². The third kappa shape index (κ3) is 4.93. The third-order valence-corrected chi connectivity index (χ3v) is 13.5. The van der Waals surface area contributed by atoms with Gasteiger partial charge < -0.3 is 18.5 Å². The summed E-state index contributed by atoms with van der Waals surface area (Å²) >= 11 is 0. The number of hydrogen-bond acceptors (Lipinski definition) is 2. The maximum absolute atomic E-state index is 6.61. The Balaban J connectivity index is 1.11. The summed E-state index contributed by atoms with van der Waals surface area (Å²) in [5.74, 6) is 0. The van der Waals surface area contributed by atoms with E-state index in [4.69, 9.17) is 4.42 Å². The van der Waals surface area contributed by atoms with Crippen LogP contribution in [0.2, 0.25) is 0 Å². The van der Waals surface area contributed by atoms with Crippen molar-refractivity contribution < 1.29 is 4.42 Å². The molecule has 11 aromatic carbocycles. The van der Waals surface area contributed by atoms with Crippen molar-refractivity contribution in [3.05, 3.63) is 224 Å². The molecule has 298 valence electrons. The molecule has 0 bridgehead atoms. The van der Waals surface area contributed by atoms with E-state index in [1.54, 1.807) is 0 Å². The van der Waals surface area contributed by atoms with Crippen LogP contribution in [0.4, 0.5) is 17.1 Å². The first-order chi connectivity index (χ1) is 31.8. The predicted molar refractivity (Wildman–Crippen MR) is 270 cm³/mol. The highest BCUT2D eigenvalue weighted by atomic mass is 16.3. The lowest BCUT2D eigenvalue weighted by atomic mass is 9.94. The van der Waals surface area contributed by atoms with Crippen molar-refractivity contribution in [2.45, 2.75) is 0 Å². The molecule has 4 heteroatoms. The summed E-state index contributed by atoms with van der Waals surface area (Å²) in [6, 6.07) is 81.6. The number of fused-ring (bicyclic) bond motifs is 15. The molecular weight excluding hydrogens is 779 g/mol. The predicted octanol–water partition coefficient (Wildman–Crippen LogP) is 16.7. The summed E-state index contributed by atoms with van der Waals surface area (Å²) in [6.45, 7) is 0. The van der Waals surface area contributed by atoms with Gasteiger partial charge in [0.2, 0.25) is 0 Å². The molecule has 64 heavy (non-hydrogen) atoms. The number of hydrogen-bond donors (Lipinski definition) is 0. The van der Waals surface area contributed by atoms with Gasteiger partial charge in [0.1, 0.15) is 11.2 Å². The number of nitrogens with zero attached hydrogens (tertiary/aromatic N) is 3. The van der Waals surface area contributed by atoms with Crippen LogP contribution < -0.4 is 4.90 Å². The van der Waals surface area contributed by atoms with E-state index in [2.05, 4.69) is 232 Å². The molecule has 0 spiro atoms. The second-order valence-corrected chi connectivity index (χ2v) is 16.8. The number of furan rings is 1. The lowest BCUT2D eigenvalue weighted by Gasteiger charge is -2.28. The monoisotopic (exact) mass is 815 g/mol. The van der Waals surface area contributed by atoms with Crippen LogP contribution in [-0.4, -0.2) is 9.13 Å². The first kappa shape index (κ1) is 35.0. The largest absolute Gasteiger partial charge is 0.456 e. The highest BCUT2D eigenvalue weighted by molar-refractivity contribution is 6.26. The van der Waals surface area contributed by atoms with E-state index in [9.17, 15) is 0 Å². The van der Waals surface area contributed by atoms with Crippen molar-refractivity contribution in [1.82, 2.24) is 9.13 Å². The van der Waals surface area contributed by atoms with E-state index in [1.807, 2.05) is 6.07 Å². The van der Waals surface area contributed by atoms with Crippen molar-refractivity contribution in [3.8, 4) is 11.4 Å². The summed E-state index contributed by atoms with van der Waals surface area (Å²) < 4.78 is 11.5. The van der Waals surface area contributed by atoms with Gasteiger partial charge in [-0.15, -0.1) is 0 Å². The highest BCUT2D eigenvalue weighted by Gasteiger charge is 2.25. The van der Waals surface area contributed by atoms with Crippen molar-refractivity contribution in [2.24, 2.45) is 0 Å². The van der Waals surface area contributed by atoms with Crippen LogP contribution in [0.25, 0.3) is 109 Å². The summed E-state index contributed by atoms with van der Waals surface area (Å²) in [4.78, 5) is 2.45. The molecule has 0 aliphatic rings. The van der Waals surface area contributed by atoms with Gasteiger partial charge in [-0.05, 0) is 105 Å². The smallest absolute Gasteiger partial charge is 0.137 e. The number of rotatable bonds is 5. The maximum atomic E-state index is 6.61. The minimum Gasteiger partial charge on any atom is -0.456 e. The van der Waals surface area contributed by atoms with Gasteiger partial charge in [-0.25, -0.2) is 0 Å². The Labute approximate surface area is 367 Å². The number of aromatic nitrogens is 2. The van der Waals surface area contributed by atoms with Crippen LogP contribution in [0.3, 0.4) is 0 Å². The standard InChI is InChI=1S/C60H37N3O/c1-2-16-38(17-3-1)62-53-27-12-9-24-50(53)59-54(62)28-15-29-55(59)63-52-26-11-8-22-46(52)49-25-14-30-56(60(49)63)61(40-33-35-48-47-23-10-13-31-57(47)64-58(48)37-40)39-32-34-45-43-20-5-4-18-41(43)42-19-6-7-21-44(42)51(45)36-39/h1-37H. The molecule has 0 saturated carbocycles. The van der Waals surface area contributed by atoms with Crippen molar-refractivity contribution in [2.75, 3.05) is 4.90 Å². The second kappa shape index (κ2) is 13.4. The van der Waals surface area contributed by atoms with Crippen molar-refractivity contribution in [3.63, 3.8) is 0 Å². The molecule has 0 saturated heterocycles. The van der Waals surface area contributed by atoms with E-state index in [1.165, 1.54) is 59.4 Å². The van der Waals surface area contributed by atoms with Crippen molar-refractivity contribution >= 4 is 115 Å². The molecule has 0 N–H and O–H groups in total. The van der Waals surface area contributed by atoms with E-state index in [0.717, 1.165) is 66.9 Å². The van der Waals surface area contributed by atoms with Crippen LogP contribution in [0.15, 0.2) is 229 Å². The Hall–Kier alpha value is -8.60. The number of anilines is 3. The van der Waals surface area contributed by atoms with E-state index in [0.29, 0.717) is 0 Å². The van der Waals surface area contributed by atoms with E-state index in [-0.39, 0.29) is 0 Å². The van der Waals surface area contributed by atoms with Crippen LogP contribution in [0, 0.1) is 0 Å². The van der Waals surface area contributed by atoms with Gasteiger partial charge in [0.15, 0.2) is 0 Å². The number of para-hydroxylation sites is 5. The summed E-state index contributed by atoms with van der Waals surface area (Å²) in [7, 11) is 0. The molecule has 0 unspecified atom stereocenters. The number of benzene rings is 11. The molecule has 0 aliphatic carbocycles. The molecule has 3 heterocycles.